The smallest absolute Gasteiger partial charge is 0.279 e. The number of likely N-dealkylation sites (N-methyl/N-ethyl adjacent to an activating group) is 1. The topological polar surface area (TPSA) is 52.7 Å². The first-order valence-electron chi connectivity index (χ1n) is 11.3. The van der Waals surface area contributed by atoms with Crippen molar-refractivity contribution in [2.24, 2.45) is 0 Å². The third-order valence-corrected chi connectivity index (χ3v) is 6.48. The molecule has 3 aromatic carbocycles. The number of benzene rings is 3. The highest BCUT2D eigenvalue weighted by atomic mass is 16.2. The summed E-state index contributed by atoms with van der Waals surface area (Å²) in [6.07, 6.45) is 3.26. The van der Waals surface area contributed by atoms with E-state index in [9.17, 15) is 9.59 Å². The van der Waals surface area contributed by atoms with Crippen molar-refractivity contribution in [3.05, 3.63) is 89.5 Å². The van der Waals surface area contributed by atoms with Gasteiger partial charge in [-0.1, -0.05) is 55.8 Å². The normalized spacial score (nSPS) is 19.2. The molecule has 5 nitrogen and oxygen atoms in total. The van der Waals surface area contributed by atoms with E-state index in [1.807, 2.05) is 67.6 Å². The summed E-state index contributed by atoms with van der Waals surface area (Å²) in [5.74, 6) is -0.319. The van der Waals surface area contributed by atoms with Crippen LogP contribution in [0.4, 0.5) is 17.1 Å². The fourth-order valence-electron chi connectivity index (χ4n) is 4.89. The van der Waals surface area contributed by atoms with E-state index in [4.69, 9.17) is 0 Å². The summed E-state index contributed by atoms with van der Waals surface area (Å²) in [7, 11) is 0. The van der Waals surface area contributed by atoms with Gasteiger partial charge in [0.05, 0.1) is 11.3 Å². The van der Waals surface area contributed by atoms with Crippen LogP contribution in [0.5, 0.6) is 0 Å². The molecule has 32 heavy (non-hydrogen) atoms. The van der Waals surface area contributed by atoms with Crippen LogP contribution in [-0.4, -0.2) is 18.4 Å². The van der Waals surface area contributed by atoms with Gasteiger partial charge in [-0.2, -0.15) is 0 Å². The van der Waals surface area contributed by atoms with Crippen molar-refractivity contribution in [2.75, 3.05) is 21.7 Å². The average Bonchev–Trinajstić information content (AvgIpc) is 3.06. The number of unbranched alkanes of at least 4 members (excludes halogenated alkanes) is 1. The van der Waals surface area contributed by atoms with Crippen LogP contribution in [0.3, 0.4) is 0 Å². The lowest BCUT2D eigenvalue weighted by atomic mass is 9.92. The predicted molar refractivity (Wildman–Crippen MR) is 128 cm³/mol. The lowest BCUT2D eigenvalue weighted by Gasteiger charge is -2.45. The Hall–Kier alpha value is -3.60. The minimum absolute atomic E-state index is 0.140. The SMILES string of the molecule is CCCCc1ccc(N2C(=O)c3ccccc3N[C@]23C(=O)N(CC)c2ccccc23)cc1. The number of fused-ring (bicyclic) bond motifs is 3. The zero-order valence-electron chi connectivity index (χ0n) is 18.5. The summed E-state index contributed by atoms with van der Waals surface area (Å²) in [6, 6.07) is 23.2. The van der Waals surface area contributed by atoms with Gasteiger partial charge in [-0.25, -0.2) is 0 Å². The van der Waals surface area contributed by atoms with Crippen molar-refractivity contribution in [3.63, 3.8) is 0 Å². The van der Waals surface area contributed by atoms with Gasteiger partial charge in [0.25, 0.3) is 11.8 Å². The van der Waals surface area contributed by atoms with E-state index in [1.54, 1.807) is 9.80 Å². The highest BCUT2D eigenvalue weighted by Crippen LogP contribution is 2.49. The van der Waals surface area contributed by atoms with E-state index in [-0.39, 0.29) is 11.8 Å². The van der Waals surface area contributed by atoms with Crippen molar-refractivity contribution in [1.82, 2.24) is 0 Å². The summed E-state index contributed by atoms with van der Waals surface area (Å²) in [4.78, 5) is 31.3. The Labute approximate surface area is 188 Å². The van der Waals surface area contributed by atoms with Crippen LogP contribution in [0.1, 0.15) is 48.2 Å². The number of nitrogens with zero attached hydrogens (tertiary/aromatic N) is 2. The molecule has 162 valence electrons. The molecule has 0 fully saturated rings. The molecule has 5 rings (SSSR count). The van der Waals surface area contributed by atoms with Crippen LogP contribution in [0.25, 0.3) is 0 Å². The van der Waals surface area contributed by atoms with Crippen molar-refractivity contribution in [1.29, 1.82) is 0 Å². The zero-order valence-corrected chi connectivity index (χ0v) is 18.5. The summed E-state index contributed by atoms with van der Waals surface area (Å²) >= 11 is 0. The maximum atomic E-state index is 14.0. The second-order valence-electron chi connectivity index (χ2n) is 8.36. The van der Waals surface area contributed by atoms with Crippen LogP contribution >= 0.6 is 0 Å². The molecule has 1 N–H and O–H groups in total. The Morgan fingerprint density at radius 1 is 0.875 bits per heavy atom. The molecule has 0 saturated carbocycles. The second-order valence-corrected chi connectivity index (χ2v) is 8.36. The van der Waals surface area contributed by atoms with Crippen LogP contribution < -0.4 is 15.1 Å². The molecule has 2 heterocycles. The molecule has 2 amide bonds. The average molecular weight is 426 g/mol. The fourth-order valence-corrected chi connectivity index (χ4v) is 4.89. The highest BCUT2D eigenvalue weighted by Gasteiger charge is 2.59. The van der Waals surface area contributed by atoms with Gasteiger partial charge in [-0.15, -0.1) is 0 Å². The molecule has 0 saturated heterocycles. The van der Waals surface area contributed by atoms with Crippen molar-refractivity contribution in [3.8, 4) is 0 Å². The van der Waals surface area contributed by atoms with Gasteiger partial charge in [-0.3, -0.25) is 14.5 Å². The van der Waals surface area contributed by atoms with E-state index >= 15 is 0 Å². The molecule has 5 heteroatoms. The van der Waals surface area contributed by atoms with E-state index in [1.165, 1.54) is 5.56 Å². The lowest BCUT2D eigenvalue weighted by molar-refractivity contribution is -0.122. The Bertz CT molecular complexity index is 1190. The number of carbonyl (C=O) groups is 2. The Kier molecular flexibility index (Phi) is 4.97. The van der Waals surface area contributed by atoms with Crippen LogP contribution in [0.2, 0.25) is 0 Å². The van der Waals surface area contributed by atoms with Crippen LogP contribution in [-0.2, 0) is 16.9 Å². The molecule has 0 aromatic heterocycles. The number of para-hydroxylation sites is 2. The first kappa shape index (κ1) is 20.3. The standard InChI is InChI=1S/C27H27N3O2/c1-3-5-10-19-15-17-20(18-16-19)30-25(31)21-11-6-8-13-23(21)28-27(30)22-12-7-9-14-24(22)29(4-2)26(27)32/h6-9,11-18,28H,3-5,10H2,1-2H3/t27-/m0/s1. The molecular weight excluding hydrogens is 398 g/mol. The van der Waals surface area contributed by atoms with E-state index in [2.05, 4.69) is 24.4 Å². The fraction of sp³-hybridized carbons (Fsp3) is 0.259. The maximum absolute atomic E-state index is 14.0. The van der Waals surface area contributed by atoms with Gasteiger partial charge in [0.2, 0.25) is 5.66 Å². The molecule has 0 bridgehead atoms. The summed E-state index contributed by atoms with van der Waals surface area (Å²) in [6.45, 7) is 4.66. The van der Waals surface area contributed by atoms with Gasteiger partial charge in [0, 0.05) is 23.5 Å². The molecule has 1 spiro atoms. The van der Waals surface area contributed by atoms with Gasteiger partial charge < -0.3 is 10.2 Å². The molecule has 2 aliphatic heterocycles. The number of aryl methyl sites for hydroxylation is 1. The lowest BCUT2D eigenvalue weighted by Crippen LogP contribution is -2.63. The summed E-state index contributed by atoms with van der Waals surface area (Å²) in [5, 5.41) is 3.48. The van der Waals surface area contributed by atoms with Crippen LogP contribution in [0.15, 0.2) is 72.8 Å². The first-order valence-corrected chi connectivity index (χ1v) is 11.3. The molecule has 0 aliphatic carbocycles. The number of amides is 2. The maximum Gasteiger partial charge on any atom is 0.279 e. The monoisotopic (exact) mass is 425 g/mol. The van der Waals surface area contributed by atoms with E-state index < -0.39 is 5.66 Å². The molecule has 0 radical (unpaired) electrons. The second kappa shape index (κ2) is 7.83. The van der Waals surface area contributed by atoms with Crippen LogP contribution in [0, 0.1) is 0 Å². The minimum Gasteiger partial charge on any atom is -0.350 e. The highest BCUT2D eigenvalue weighted by molar-refractivity contribution is 6.22. The first-order chi connectivity index (χ1) is 15.6. The Balaban J connectivity index is 1.71. The molecule has 1 atom stereocenters. The van der Waals surface area contributed by atoms with Crippen molar-refractivity contribution >= 4 is 28.9 Å². The minimum atomic E-state index is -1.32. The molecule has 0 unspecified atom stereocenters. The quantitative estimate of drug-likeness (QED) is 0.602. The molecule has 3 aromatic rings. The number of hydrogen-bond acceptors (Lipinski definition) is 3. The van der Waals surface area contributed by atoms with E-state index in [0.717, 1.165) is 30.5 Å². The largest absolute Gasteiger partial charge is 0.350 e. The zero-order chi connectivity index (χ0) is 22.3. The third-order valence-electron chi connectivity index (χ3n) is 6.48. The number of anilines is 3. The molecule has 2 aliphatic rings. The van der Waals surface area contributed by atoms with Gasteiger partial charge in [-0.05, 0) is 55.7 Å². The van der Waals surface area contributed by atoms with Crippen molar-refractivity contribution < 1.29 is 9.59 Å². The summed E-state index contributed by atoms with van der Waals surface area (Å²) in [5.41, 5.74) is 3.49. The Morgan fingerprint density at radius 3 is 2.34 bits per heavy atom. The molecular formula is C27H27N3O2. The number of hydrogen-bond donors (Lipinski definition) is 1. The van der Waals surface area contributed by atoms with Crippen molar-refractivity contribution in [2.45, 2.75) is 38.8 Å². The number of nitrogens with one attached hydrogen (secondary N) is 1. The van der Waals surface area contributed by atoms with Gasteiger partial charge in [0.1, 0.15) is 0 Å². The predicted octanol–water partition coefficient (Wildman–Crippen LogP) is 5.32. The van der Waals surface area contributed by atoms with Gasteiger partial charge >= 0.3 is 0 Å². The number of carbonyl (C=O) groups excluding carboxylic acids is 2. The summed E-state index contributed by atoms with van der Waals surface area (Å²) < 4.78 is 0. The number of rotatable bonds is 5. The van der Waals surface area contributed by atoms with E-state index in [0.29, 0.717) is 23.5 Å². The Morgan fingerprint density at radius 2 is 1.59 bits per heavy atom. The third kappa shape index (κ3) is 2.84. The van der Waals surface area contributed by atoms with Gasteiger partial charge in [0.15, 0.2) is 0 Å².